The molecule has 2 aliphatic heterocycles. The van der Waals surface area contributed by atoms with Crippen LogP contribution >= 0.6 is 11.8 Å². The molecule has 32 heavy (non-hydrogen) atoms. The van der Waals surface area contributed by atoms with Crippen molar-refractivity contribution in [3.8, 4) is 0 Å². The molecule has 1 saturated heterocycles. The largest absolute Gasteiger partial charge is 0.416 e. The molecule has 4 nitrogen and oxygen atoms in total. The molecule has 2 aromatic carbocycles. The number of para-hydroxylation sites is 1. The SMILES string of the molecule is CCNCCN1CCN(CCCN2c3ccccc3Sc3ccc(C(F)(F)F)cc32)CC1. The first-order valence-corrected chi connectivity index (χ1v) is 12.2. The van der Waals surface area contributed by atoms with Gasteiger partial charge < -0.3 is 15.1 Å². The van der Waals surface area contributed by atoms with Crippen LogP contribution in [0.4, 0.5) is 24.5 Å². The molecule has 8 heteroatoms. The van der Waals surface area contributed by atoms with Crippen LogP contribution in [-0.2, 0) is 6.18 Å². The minimum Gasteiger partial charge on any atom is -0.340 e. The molecule has 0 amide bonds. The molecule has 0 atom stereocenters. The molecule has 0 bridgehead atoms. The van der Waals surface area contributed by atoms with E-state index in [1.54, 1.807) is 17.8 Å². The van der Waals surface area contributed by atoms with Crippen LogP contribution in [0.15, 0.2) is 52.3 Å². The van der Waals surface area contributed by atoms with E-state index in [1.807, 2.05) is 24.3 Å². The lowest BCUT2D eigenvalue weighted by molar-refractivity contribution is -0.137. The molecule has 2 heterocycles. The van der Waals surface area contributed by atoms with E-state index < -0.39 is 11.7 Å². The van der Waals surface area contributed by atoms with Gasteiger partial charge in [-0.2, -0.15) is 13.2 Å². The zero-order valence-corrected chi connectivity index (χ0v) is 19.3. The molecule has 0 aliphatic carbocycles. The van der Waals surface area contributed by atoms with Gasteiger partial charge in [0.05, 0.1) is 16.9 Å². The summed E-state index contributed by atoms with van der Waals surface area (Å²) in [6, 6.07) is 12.1. The van der Waals surface area contributed by atoms with Crippen molar-refractivity contribution in [3.63, 3.8) is 0 Å². The second-order valence-electron chi connectivity index (χ2n) is 8.29. The van der Waals surface area contributed by atoms with Crippen molar-refractivity contribution in [2.45, 2.75) is 29.3 Å². The fourth-order valence-electron chi connectivity index (χ4n) is 4.35. The fourth-order valence-corrected chi connectivity index (χ4v) is 5.43. The second-order valence-corrected chi connectivity index (χ2v) is 9.38. The molecule has 0 radical (unpaired) electrons. The zero-order valence-electron chi connectivity index (χ0n) is 18.5. The van der Waals surface area contributed by atoms with E-state index in [0.717, 1.165) is 74.3 Å². The highest BCUT2D eigenvalue weighted by molar-refractivity contribution is 7.99. The van der Waals surface area contributed by atoms with Gasteiger partial charge in [-0.25, -0.2) is 0 Å². The van der Waals surface area contributed by atoms with Gasteiger partial charge in [-0.3, -0.25) is 4.90 Å². The third-order valence-corrected chi connectivity index (χ3v) is 7.26. The molecule has 174 valence electrons. The number of alkyl halides is 3. The normalized spacial score (nSPS) is 17.3. The van der Waals surface area contributed by atoms with Crippen LogP contribution in [0.3, 0.4) is 0 Å². The summed E-state index contributed by atoms with van der Waals surface area (Å²) in [6.45, 7) is 11.2. The number of anilines is 2. The van der Waals surface area contributed by atoms with E-state index in [9.17, 15) is 13.2 Å². The standard InChI is InChI=1S/C24H31F3N4S/c1-2-28-10-13-30-16-14-29(15-17-30)11-5-12-31-20-6-3-4-7-22(20)32-23-9-8-19(18-21(23)31)24(25,26)27/h3-4,6-9,18,28H,2,5,10-17H2,1H3. The predicted octanol–water partition coefficient (Wildman–Crippen LogP) is 4.93. The number of halogens is 3. The van der Waals surface area contributed by atoms with Crippen LogP contribution in [0.1, 0.15) is 18.9 Å². The van der Waals surface area contributed by atoms with Crippen LogP contribution in [0.25, 0.3) is 0 Å². The third kappa shape index (κ3) is 5.60. The summed E-state index contributed by atoms with van der Waals surface area (Å²) in [4.78, 5) is 9.01. The Kier molecular flexibility index (Phi) is 7.66. The smallest absolute Gasteiger partial charge is 0.340 e. The van der Waals surface area contributed by atoms with Crippen molar-refractivity contribution in [1.82, 2.24) is 15.1 Å². The Morgan fingerprint density at radius 1 is 0.875 bits per heavy atom. The van der Waals surface area contributed by atoms with Crippen LogP contribution in [0.5, 0.6) is 0 Å². The highest BCUT2D eigenvalue weighted by atomic mass is 32.2. The van der Waals surface area contributed by atoms with Crippen molar-refractivity contribution < 1.29 is 13.2 Å². The average Bonchev–Trinajstić information content (AvgIpc) is 2.79. The van der Waals surface area contributed by atoms with E-state index in [1.165, 1.54) is 12.1 Å². The monoisotopic (exact) mass is 464 g/mol. The maximum atomic E-state index is 13.4. The topological polar surface area (TPSA) is 21.8 Å². The lowest BCUT2D eigenvalue weighted by Gasteiger charge is -2.36. The molecule has 0 saturated carbocycles. The molecule has 2 aliphatic rings. The summed E-state index contributed by atoms with van der Waals surface area (Å²) in [5.74, 6) is 0. The quantitative estimate of drug-likeness (QED) is 0.558. The fraction of sp³-hybridized carbons (Fsp3) is 0.500. The van der Waals surface area contributed by atoms with Crippen molar-refractivity contribution in [2.24, 2.45) is 0 Å². The number of hydrogen-bond acceptors (Lipinski definition) is 5. The molecule has 1 N–H and O–H groups in total. The maximum Gasteiger partial charge on any atom is 0.416 e. The number of nitrogens with one attached hydrogen (secondary N) is 1. The van der Waals surface area contributed by atoms with Gasteiger partial charge in [-0.05, 0) is 49.8 Å². The van der Waals surface area contributed by atoms with Crippen LogP contribution < -0.4 is 10.2 Å². The number of nitrogens with zero attached hydrogens (tertiary/aromatic N) is 3. The van der Waals surface area contributed by atoms with Gasteiger partial charge in [0.15, 0.2) is 0 Å². The molecular weight excluding hydrogens is 433 g/mol. The molecule has 4 rings (SSSR count). The van der Waals surface area contributed by atoms with Gasteiger partial charge in [0.2, 0.25) is 0 Å². The van der Waals surface area contributed by atoms with E-state index in [4.69, 9.17) is 0 Å². The Morgan fingerprint density at radius 3 is 2.28 bits per heavy atom. The van der Waals surface area contributed by atoms with Gasteiger partial charge in [0, 0.05) is 55.6 Å². The van der Waals surface area contributed by atoms with E-state index >= 15 is 0 Å². The first kappa shape index (κ1) is 23.4. The number of benzene rings is 2. The van der Waals surface area contributed by atoms with Gasteiger partial charge in [0.1, 0.15) is 0 Å². The van der Waals surface area contributed by atoms with Crippen LogP contribution in [0.2, 0.25) is 0 Å². The Morgan fingerprint density at radius 2 is 1.56 bits per heavy atom. The third-order valence-electron chi connectivity index (χ3n) is 6.13. The van der Waals surface area contributed by atoms with Gasteiger partial charge in [-0.1, -0.05) is 30.8 Å². The zero-order chi connectivity index (χ0) is 22.6. The second kappa shape index (κ2) is 10.5. The number of likely N-dealkylation sites (N-methyl/N-ethyl adjacent to an activating group) is 1. The highest BCUT2D eigenvalue weighted by Crippen LogP contribution is 2.49. The van der Waals surface area contributed by atoms with Crippen molar-refractivity contribution in [2.75, 3.05) is 63.8 Å². The molecule has 0 spiro atoms. The first-order chi connectivity index (χ1) is 15.5. The minimum absolute atomic E-state index is 0.588. The van der Waals surface area contributed by atoms with E-state index in [-0.39, 0.29) is 0 Å². The summed E-state index contributed by atoms with van der Waals surface area (Å²) in [5, 5.41) is 3.37. The summed E-state index contributed by atoms with van der Waals surface area (Å²) < 4.78 is 40.1. The predicted molar refractivity (Wildman–Crippen MR) is 125 cm³/mol. The Labute approximate surface area is 192 Å². The van der Waals surface area contributed by atoms with E-state index in [0.29, 0.717) is 12.2 Å². The molecule has 1 fully saturated rings. The highest BCUT2D eigenvalue weighted by Gasteiger charge is 2.33. The summed E-state index contributed by atoms with van der Waals surface area (Å²) in [5.41, 5.74) is 1.07. The van der Waals surface area contributed by atoms with E-state index in [2.05, 4.69) is 26.9 Å². The van der Waals surface area contributed by atoms with Crippen molar-refractivity contribution in [3.05, 3.63) is 48.0 Å². The summed E-state index contributed by atoms with van der Waals surface area (Å²) in [6.07, 6.45) is -3.43. The number of fused-ring (bicyclic) bond motifs is 2. The number of hydrogen-bond donors (Lipinski definition) is 1. The van der Waals surface area contributed by atoms with Crippen LogP contribution in [-0.4, -0.2) is 68.7 Å². The van der Waals surface area contributed by atoms with Gasteiger partial charge in [-0.15, -0.1) is 0 Å². The average molecular weight is 465 g/mol. The van der Waals surface area contributed by atoms with Crippen molar-refractivity contribution in [1.29, 1.82) is 0 Å². The Hall–Kier alpha value is -1.74. The lowest BCUT2D eigenvalue weighted by atomic mass is 10.1. The minimum atomic E-state index is -4.34. The molecular formula is C24H31F3N4S. The van der Waals surface area contributed by atoms with Crippen LogP contribution in [0, 0.1) is 0 Å². The number of rotatable bonds is 8. The van der Waals surface area contributed by atoms with Gasteiger partial charge >= 0.3 is 6.18 Å². The Bertz CT molecular complexity index is 897. The maximum absolute atomic E-state index is 13.4. The molecule has 0 aromatic heterocycles. The number of piperazine rings is 1. The lowest BCUT2D eigenvalue weighted by Crippen LogP contribution is -2.48. The molecule has 0 unspecified atom stereocenters. The Balaban J connectivity index is 1.39. The summed E-state index contributed by atoms with van der Waals surface area (Å²) in [7, 11) is 0. The molecule has 2 aromatic rings. The van der Waals surface area contributed by atoms with Crippen molar-refractivity contribution >= 4 is 23.1 Å². The van der Waals surface area contributed by atoms with Gasteiger partial charge in [0.25, 0.3) is 0 Å². The summed E-state index contributed by atoms with van der Waals surface area (Å²) >= 11 is 1.55. The first-order valence-electron chi connectivity index (χ1n) is 11.4.